The fraction of sp³-hybridized carbons (Fsp3) is 0.896. The molecule has 0 aromatic carbocycles. The van der Waals surface area contributed by atoms with Crippen molar-refractivity contribution >= 4 is 6.29 Å². The fourth-order valence-corrected chi connectivity index (χ4v) is 4.18. The Morgan fingerprint density at radius 3 is 1.51 bits per heavy atom. The molecule has 6 N–H and O–H groups in total. The van der Waals surface area contributed by atoms with E-state index in [4.69, 9.17) is 19.9 Å². The van der Waals surface area contributed by atoms with E-state index in [0.29, 0.717) is 29.9 Å². The molecule has 1 saturated carbocycles. The molecule has 0 bridgehead atoms. The van der Waals surface area contributed by atoms with Crippen molar-refractivity contribution in [3.8, 4) is 0 Å². The van der Waals surface area contributed by atoms with Gasteiger partial charge in [0, 0.05) is 18.9 Å². The van der Waals surface area contributed by atoms with Crippen molar-refractivity contribution in [2.24, 2.45) is 40.7 Å². The van der Waals surface area contributed by atoms with E-state index in [1.54, 1.807) is 14.2 Å². The average molecular weight is 822 g/mol. The van der Waals surface area contributed by atoms with Gasteiger partial charge in [-0.3, -0.25) is 0 Å². The third-order valence-corrected chi connectivity index (χ3v) is 8.94. The summed E-state index contributed by atoms with van der Waals surface area (Å²) < 4.78 is 17.3. The number of carbonyl (C=O) groups excluding carboxylic acids is 1. The first-order chi connectivity index (χ1) is 26.6. The maximum Gasteiger partial charge on any atom is 0.163 e. The Bertz CT molecular complexity index is 768. The largest absolute Gasteiger partial charge is 0.392 e. The summed E-state index contributed by atoms with van der Waals surface area (Å²) in [7, 11) is 5.28. The number of nitrogens with two attached hydrogens (primary N) is 1. The normalized spacial score (nSPS) is 24.8. The topological polar surface area (TPSA) is 135 Å². The highest BCUT2D eigenvalue weighted by Crippen LogP contribution is 2.44. The molecule has 0 radical (unpaired) electrons. The second-order valence-electron chi connectivity index (χ2n) is 16.4. The van der Waals surface area contributed by atoms with E-state index in [-0.39, 0.29) is 30.2 Å². The van der Waals surface area contributed by atoms with Crippen LogP contribution in [0.2, 0.25) is 0 Å². The number of aliphatic hydroxyl groups excluding tert-OH is 2. The summed E-state index contributed by atoms with van der Waals surface area (Å²) in [5, 5.41) is 26.3. The molecule has 1 aliphatic heterocycles. The zero-order valence-corrected chi connectivity index (χ0v) is 42.2. The molecule has 2 fully saturated rings. The van der Waals surface area contributed by atoms with Gasteiger partial charge < -0.3 is 45.6 Å². The first-order valence-electron chi connectivity index (χ1n) is 22.5. The molecular formula is C48H107N3O6. The van der Waals surface area contributed by atoms with Gasteiger partial charge in [0.2, 0.25) is 0 Å². The number of hydrogen-bond donors (Lipinski definition) is 5. The van der Waals surface area contributed by atoms with Crippen LogP contribution in [0.15, 0.2) is 25.8 Å². The summed E-state index contributed by atoms with van der Waals surface area (Å²) in [4.78, 5) is 9.34. The molecule has 0 aromatic rings. The summed E-state index contributed by atoms with van der Waals surface area (Å²) in [6.07, 6.45) is 10.7. The predicted molar refractivity (Wildman–Crippen MR) is 254 cm³/mol. The van der Waals surface area contributed by atoms with Gasteiger partial charge in [0.25, 0.3) is 0 Å². The standard InChI is InChI=1S/C18H34O4.C6H12.C5H12O.C5H12.C4H10.C3H10N2.C3H7NO.C2H6.C2H4/c1-6-8-15(13-9-10(13)3)22-18-12(5)16(19)11(4)17(20)14(7-2)21-18;1-4-6(3)5-2;1-4-5(2)6-3;1-5(2,3)4;1-3-4-2;1-3(4)5-2;1-4-2-3-5;2*1-2/h10-20H,6-9H2,1-5H3;4,6H,1,5H2,2-3H3;5H,4H2,1-3H3;1-4H3;3-4H2,1-2H3;3,5H,4H2,1-2H3;3-4H,2H2,1H3;1-2H3;1-2H2/t10-,11?,12-,13+,14?,15-,16?,17?,18?;6-;5-;;;;;;/m000....../s1. The van der Waals surface area contributed by atoms with Crippen LogP contribution in [-0.2, 0) is 19.0 Å². The predicted octanol–water partition coefficient (Wildman–Crippen LogP) is 11.2. The zero-order chi connectivity index (χ0) is 46.7. The van der Waals surface area contributed by atoms with Crippen LogP contribution in [0, 0.1) is 35.0 Å². The van der Waals surface area contributed by atoms with Gasteiger partial charge in [0.1, 0.15) is 6.29 Å². The number of methoxy groups -OCH3 is 1. The van der Waals surface area contributed by atoms with Crippen LogP contribution in [-0.4, -0.2) is 87.2 Å². The lowest BCUT2D eigenvalue weighted by Gasteiger charge is -2.31. The first kappa shape index (κ1) is 70.4. The van der Waals surface area contributed by atoms with Crippen molar-refractivity contribution in [2.45, 2.75) is 219 Å². The van der Waals surface area contributed by atoms with E-state index >= 15 is 0 Å². The highest BCUT2D eigenvalue weighted by Gasteiger charge is 2.45. The molecule has 2 rings (SSSR count). The minimum Gasteiger partial charge on any atom is -0.392 e. The molecule has 6 unspecified atom stereocenters. The maximum absolute atomic E-state index is 10.5. The molecule has 9 nitrogen and oxygen atoms in total. The van der Waals surface area contributed by atoms with Crippen LogP contribution in [0.25, 0.3) is 0 Å². The van der Waals surface area contributed by atoms with E-state index in [1.807, 2.05) is 54.7 Å². The number of unbranched alkanes of at least 4 members (excludes halogenated alkanes) is 1. The van der Waals surface area contributed by atoms with Crippen molar-refractivity contribution in [1.29, 1.82) is 0 Å². The van der Waals surface area contributed by atoms with Crippen LogP contribution in [0.4, 0.5) is 0 Å². The average Bonchev–Trinajstić information content (AvgIpc) is 3.95. The molecule has 0 aromatic heterocycles. The molecule has 2 aliphatic rings. The number of aldehydes is 1. The van der Waals surface area contributed by atoms with Gasteiger partial charge in [-0.05, 0) is 76.8 Å². The van der Waals surface area contributed by atoms with Gasteiger partial charge in [-0.1, -0.05) is 143 Å². The summed E-state index contributed by atoms with van der Waals surface area (Å²) >= 11 is 0. The fourth-order valence-electron chi connectivity index (χ4n) is 4.18. The molecule has 12 atom stereocenters. The number of ether oxygens (including phenoxy) is 3. The zero-order valence-electron chi connectivity index (χ0n) is 42.2. The van der Waals surface area contributed by atoms with Gasteiger partial charge in [0.05, 0.1) is 43.2 Å². The lowest BCUT2D eigenvalue weighted by Crippen LogP contribution is -2.38. The number of allylic oxidation sites excluding steroid dienone is 1. The minimum atomic E-state index is -0.638. The van der Waals surface area contributed by atoms with E-state index < -0.39 is 18.5 Å². The Morgan fingerprint density at radius 1 is 0.877 bits per heavy atom. The molecular weight excluding hydrogens is 715 g/mol. The lowest BCUT2D eigenvalue weighted by molar-refractivity contribution is -0.232. The molecule has 350 valence electrons. The Balaban J connectivity index is -0.000000118. The van der Waals surface area contributed by atoms with E-state index in [9.17, 15) is 15.0 Å². The van der Waals surface area contributed by atoms with Crippen molar-refractivity contribution < 1.29 is 29.2 Å². The number of carbonyl (C=O) groups is 1. The van der Waals surface area contributed by atoms with Crippen LogP contribution in [0.5, 0.6) is 0 Å². The molecule has 0 amide bonds. The van der Waals surface area contributed by atoms with Crippen molar-refractivity contribution in [1.82, 2.24) is 10.6 Å². The Labute approximate surface area is 358 Å². The van der Waals surface area contributed by atoms with Gasteiger partial charge in [-0.15, -0.1) is 19.7 Å². The maximum atomic E-state index is 10.5. The highest BCUT2D eigenvalue weighted by atomic mass is 16.7. The van der Waals surface area contributed by atoms with Crippen molar-refractivity contribution in [2.75, 3.05) is 27.7 Å². The number of rotatable bonds is 14. The number of hydrogen-bond acceptors (Lipinski definition) is 9. The summed E-state index contributed by atoms with van der Waals surface area (Å²) in [5.74, 6) is 1.73. The van der Waals surface area contributed by atoms with Crippen LogP contribution in [0.3, 0.4) is 0 Å². The Morgan fingerprint density at radius 2 is 1.32 bits per heavy atom. The summed E-state index contributed by atoms with van der Waals surface area (Å²) in [6.45, 7) is 47.9. The quantitative estimate of drug-likeness (QED) is 0.0659. The van der Waals surface area contributed by atoms with Gasteiger partial charge in [-0.2, -0.15) is 0 Å². The number of nitrogens with one attached hydrogen (secondary N) is 2. The number of aliphatic hydroxyl groups is 2. The van der Waals surface area contributed by atoms with E-state index in [0.717, 1.165) is 37.9 Å². The molecule has 57 heavy (non-hydrogen) atoms. The Hall–Kier alpha value is -1.17. The number of likely N-dealkylation sites (N-methyl/N-ethyl adjacent to an activating group) is 1. The second kappa shape index (κ2) is 49.2. The molecule has 1 saturated heterocycles. The smallest absolute Gasteiger partial charge is 0.163 e. The van der Waals surface area contributed by atoms with E-state index in [2.05, 4.69) is 113 Å². The van der Waals surface area contributed by atoms with Gasteiger partial charge in [-0.25, -0.2) is 0 Å². The molecule has 1 aliphatic carbocycles. The molecule has 9 heteroatoms. The Kier molecular flexibility index (Phi) is 60.8. The SMILES string of the molecule is C=C.C=C[C@H](C)CC.CC.CC(C)(C)C.CCCC.CCC[C@H](OC1OC(CC)C(O)C(C)C(O)[C@@H]1C)[C@@H]1C[C@@H]1C.CC[C@H](C)OC.CNC(C)N.CNCC=O. The first-order valence-corrected chi connectivity index (χ1v) is 22.5. The van der Waals surface area contributed by atoms with E-state index in [1.165, 1.54) is 25.7 Å². The van der Waals surface area contributed by atoms with Gasteiger partial charge >= 0.3 is 0 Å². The van der Waals surface area contributed by atoms with Crippen LogP contribution < -0.4 is 16.4 Å². The minimum absolute atomic E-state index is 0.130. The monoisotopic (exact) mass is 822 g/mol. The summed E-state index contributed by atoms with van der Waals surface area (Å²) in [5.41, 5.74) is 5.68. The van der Waals surface area contributed by atoms with Crippen LogP contribution in [0.1, 0.15) is 176 Å². The lowest BCUT2D eigenvalue weighted by atomic mass is 9.88. The third kappa shape index (κ3) is 50.9. The van der Waals surface area contributed by atoms with Crippen molar-refractivity contribution in [3.63, 3.8) is 0 Å². The third-order valence-electron chi connectivity index (χ3n) is 8.94. The second-order valence-corrected chi connectivity index (χ2v) is 16.4. The van der Waals surface area contributed by atoms with Crippen molar-refractivity contribution in [3.05, 3.63) is 25.8 Å². The molecule has 1 heterocycles. The molecule has 0 spiro atoms. The van der Waals surface area contributed by atoms with Crippen LogP contribution >= 0.6 is 0 Å². The summed E-state index contributed by atoms with van der Waals surface area (Å²) in [6, 6.07) is 0. The highest BCUT2D eigenvalue weighted by molar-refractivity contribution is 5.51. The van der Waals surface area contributed by atoms with Gasteiger partial charge in [0.15, 0.2) is 6.29 Å².